The van der Waals surface area contributed by atoms with E-state index in [1.54, 1.807) is 0 Å². The molecule has 1 aliphatic heterocycles. The number of unbranched alkanes of at least 4 members (excludes halogenated alkanes) is 3. The van der Waals surface area contributed by atoms with Gasteiger partial charge in [0.25, 0.3) is 0 Å². The number of rotatable bonds is 14. The Morgan fingerprint density at radius 3 is 2.67 bits per heavy atom. The van der Waals surface area contributed by atoms with Crippen molar-refractivity contribution in [3.63, 3.8) is 0 Å². The Morgan fingerprint density at radius 2 is 1.94 bits per heavy atom. The van der Waals surface area contributed by atoms with E-state index < -0.39 is 57.4 Å². The van der Waals surface area contributed by atoms with Crippen LogP contribution in [0.3, 0.4) is 0 Å². The summed E-state index contributed by atoms with van der Waals surface area (Å²) in [6, 6.07) is -1.35. The topological polar surface area (TPSA) is 256 Å². The van der Waals surface area contributed by atoms with Gasteiger partial charge in [0.05, 0.1) is 26.1 Å². The summed E-state index contributed by atoms with van der Waals surface area (Å²) in [5.41, 5.74) is 17.3. The number of ether oxygens (including phenoxy) is 1. The van der Waals surface area contributed by atoms with Crippen LogP contribution in [-0.4, -0.2) is 91.5 Å². The van der Waals surface area contributed by atoms with Crippen LogP contribution in [0.1, 0.15) is 31.9 Å². The van der Waals surface area contributed by atoms with Crippen molar-refractivity contribution in [1.82, 2.24) is 24.6 Å². The molecule has 6 atom stereocenters. The summed E-state index contributed by atoms with van der Waals surface area (Å²) >= 11 is 0. The fourth-order valence-corrected chi connectivity index (χ4v) is 4.86. The molecule has 16 nitrogen and oxygen atoms in total. The summed E-state index contributed by atoms with van der Waals surface area (Å²) in [5, 5.41) is 32.3. The first-order valence-electron chi connectivity index (χ1n) is 11.4. The van der Waals surface area contributed by atoms with Crippen LogP contribution in [0, 0.1) is 0 Å². The van der Waals surface area contributed by atoms with Gasteiger partial charge < -0.3 is 37.3 Å². The smallest absolute Gasteiger partial charge is 0.394 e. The number of carbonyl (C=O) groups excluding carboxylic acids is 1. The minimum absolute atomic E-state index is 0.00201. The second-order valence-electron chi connectivity index (χ2n) is 8.22. The summed E-state index contributed by atoms with van der Waals surface area (Å²) in [5.74, 6) is -0.818. The first kappa shape index (κ1) is 28.3. The van der Waals surface area contributed by atoms with Crippen LogP contribution in [0.4, 0.5) is 5.82 Å². The third kappa shape index (κ3) is 6.73. The monoisotopic (exact) mass is 532 g/mol. The van der Waals surface area contributed by atoms with E-state index in [-0.39, 0.29) is 23.6 Å². The first-order chi connectivity index (χ1) is 17.2. The van der Waals surface area contributed by atoms with Crippen molar-refractivity contribution in [2.75, 3.05) is 32.1 Å². The third-order valence-electron chi connectivity index (χ3n) is 5.55. The van der Waals surface area contributed by atoms with Gasteiger partial charge in [-0.2, -0.15) is 0 Å². The van der Waals surface area contributed by atoms with Gasteiger partial charge in [-0.05, 0) is 19.4 Å². The van der Waals surface area contributed by atoms with E-state index in [2.05, 4.69) is 20.0 Å². The summed E-state index contributed by atoms with van der Waals surface area (Å²) in [6.45, 7) is -0.644. The zero-order valence-electron chi connectivity index (χ0n) is 19.5. The number of amides is 1. The van der Waals surface area contributed by atoms with E-state index >= 15 is 0 Å². The molecule has 1 unspecified atom stereocenters. The molecule has 0 spiro atoms. The van der Waals surface area contributed by atoms with Crippen molar-refractivity contribution in [3.05, 3.63) is 12.7 Å². The van der Waals surface area contributed by atoms with E-state index in [9.17, 15) is 19.6 Å². The summed E-state index contributed by atoms with van der Waals surface area (Å²) in [6.07, 6.45) is 0.365. The average Bonchev–Trinajstić information content (AvgIpc) is 3.41. The van der Waals surface area contributed by atoms with Crippen molar-refractivity contribution >= 4 is 30.6 Å². The minimum Gasteiger partial charge on any atom is -0.394 e. The minimum atomic E-state index is -4.27. The lowest BCUT2D eigenvalue weighted by atomic mass is 10.1. The maximum Gasteiger partial charge on any atom is 0.435 e. The molecule has 2 aromatic rings. The number of hydrogen-bond acceptors (Lipinski definition) is 14. The maximum absolute atomic E-state index is 13.2. The van der Waals surface area contributed by atoms with Gasteiger partial charge in [0.15, 0.2) is 17.7 Å². The second kappa shape index (κ2) is 12.8. The second-order valence-corrected chi connectivity index (χ2v) is 9.96. The van der Waals surface area contributed by atoms with Crippen molar-refractivity contribution in [3.8, 4) is 0 Å². The van der Waals surface area contributed by atoms with E-state index in [1.807, 2.05) is 0 Å². The van der Waals surface area contributed by atoms with Crippen molar-refractivity contribution in [2.24, 2.45) is 11.5 Å². The molecule has 2 aromatic heterocycles. The highest BCUT2D eigenvalue weighted by atomic mass is 31.2. The SMILES string of the molecule is NCCCCCCOP(=O)(NC(=O)[C@@H](N)CO)OC[C@H]1O[C@@H](n2cnc3c(N)ncnc32)[C@H](O)[C@@H]1O. The molecule has 0 bridgehead atoms. The quantitative estimate of drug-likeness (QED) is 0.104. The van der Waals surface area contributed by atoms with E-state index in [0.717, 1.165) is 19.3 Å². The van der Waals surface area contributed by atoms with Crippen LogP contribution < -0.4 is 22.3 Å². The van der Waals surface area contributed by atoms with Crippen molar-refractivity contribution in [2.45, 2.75) is 56.3 Å². The molecule has 0 radical (unpaired) electrons. The molecule has 0 saturated carbocycles. The number of imidazole rings is 1. The number of hydrogen-bond donors (Lipinski definition) is 7. The highest BCUT2D eigenvalue weighted by Gasteiger charge is 2.45. The van der Waals surface area contributed by atoms with Gasteiger partial charge >= 0.3 is 7.75 Å². The number of carbonyl (C=O) groups is 1. The van der Waals surface area contributed by atoms with E-state index in [4.69, 9.17) is 36.1 Å². The number of nitrogens with one attached hydrogen (secondary N) is 1. The van der Waals surface area contributed by atoms with Crippen LogP contribution in [0.25, 0.3) is 11.2 Å². The van der Waals surface area contributed by atoms with Crippen LogP contribution in [0.2, 0.25) is 0 Å². The molecular formula is C19H33N8O8P. The lowest BCUT2D eigenvalue weighted by Crippen LogP contribution is -2.42. The van der Waals surface area contributed by atoms with Gasteiger partial charge in [0.2, 0.25) is 5.91 Å². The molecule has 1 amide bonds. The van der Waals surface area contributed by atoms with Gasteiger partial charge in [-0.15, -0.1) is 0 Å². The highest BCUT2D eigenvalue weighted by molar-refractivity contribution is 7.52. The van der Waals surface area contributed by atoms with Gasteiger partial charge in [-0.25, -0.2) is 19.5 Å². The molecule has 0 aliphatic carbocycles. The van der Waals surface area contributed by atoms with Crippen molar-refractivity contribution < 1.29 is 38.5 Å². The summed E-state index contributed by atoms with van der Waals surface area (Å²) in [7, 11) is -4.27. The Morgan fingerprint density at radius 1 is 1.19 bits per heavy atom. The molecule has 0 aromatic carbocycles. The van der Waals surface area contributed by atoms with Gasteiger partial charge in [-0.3, -0.25) is 23.5 Å². The number of aliphatic hydroxyl groups excluding tert-OH is 3. The van der Waals surface area contributed by atoms with E-state index in [1.165, 1.54) is 17.2 Å². The van der Waals surface area contributed by atoms with Crippen LogP contribution >= 0.6 is 7.75 Å². The van der Waals surface area contributed by atoms with E-state index in [0.29, 0.717) is 13.0 Å². The number of nitrogens with zero attached hydrogens (tertiary/aromatic N) is 4. The Kier molecular flexibility index (Phi) is 10.1. The average molecular weight is 532 g/mol. The largest absolute Gasteiger partial charge is 0.435 e. The Balaban J connectivity index is 1.66. The molecule has 3 heterocycles. The Labute approximate surface area is 206 Å². The normalized spacial score (nSPS) is 24.6. The lowest BCUT2D eigenvalue weighted by molar-refractivity contribution is -0.122. The van der Waals surface area contributed by atoms with Crippen LogP contribution in [0.5, 0.6) is 0 Å². The predicted octanol–water partition coefficient (Wildman–Crippen LogP) is -1.88. The first-order valence-corrected chi connectivity index (χ1v) is 13.0. The number of fused-ring (bicyclic) bond motifs is 1. The highest BCUT2D eigenvalue weighted by Crippen LogP contribution is 2.45. The van der Waals surface area contributed by atoms with Gasteiger partial charge in [0.1, 0.15) is 36.2 Å². The number of anilines is 1. The lowest BCUT2D eigenvalue weighted by Gasteiger charge is -2.23. The molecule has 1 aliphatic rings. The maximum atomic E-state index is 13.2. The zero-order valence-corrected chi connectivity index (χ0v) is 20.4. The van der Waals surface area contributed by atoms with Crippen LogP contribution in [0.15, 0.2) is 12.7 Å². The molecule has 36 heavy (non-hydrogen) atoms. The summed E-state index contributed by atoms with van der Waals surface area (Å²) in [4.78, 5) is 24.2. The molecule has 202 valence electrons. The molecule has 1 fully saturated rings. The molecule has 1 saturated heterocycles. The molecular weight excluding hydrogens is 499 g/mol. The zero-order chi connectivity index (χ0) is 26.3. The molecule has 17 heteroatoms. The third-order valence-corrected chi connectivity index (χ3v) is 7.05. The van der Waals surface area contributed by atoms with Gasteiger partial charge in [0, 0.05) is 0 Å². The Bertz CT molecular complexity index is 1060. The fourth-order valence-electron chi connectivity index (χ4n) is 3.51. The number of aliphatic hydroxyl groups is 3. The summed E-state index contributed by atoms with van der Waals surface area (Å²) < 4.78 is 31.1. The fraction of sp³-hybridized carbons (Fsp3) is 0.684. The molecule has 3 rings (SSSR count). The number of aromatic nitrogens is 4. The number of nitrogens with two attached hydrogens (primary N) is 3. The van der Waals surface area contributed by atoms with Crippen LogP contribution in [-0.2, 0) is 23.1 Å². The Hall–Kier alpha value is -2.27. The molecule has 10 N–H and O–H groups in total. The number of nitrogen functional groups attached to an aromatic ring is 1. The van der Waals surface area contributed by atoms with Crippen molar-refractivity contribution in [1.29, 1.82) is 0 Å². The van der Waals surface area contributed by atoms with Gasteiger partial charge in [-0.1, -0.05) is 12.8 Å². The predicted molar refractivity (Wildman–Crippen MR) is 126 cm³/mol. The standard InChI is InChI=1S/C19H33N8O8P/c20-5-3-1-2-4-6-33-36(32,26-18(31)11(21)7-28)34-8-12-14(29)15(30)19(35-12)27-10-25-13-16(22)23-9-24-17(13)27/h9-12,14-15,19,28-30H,1-8,20-21H2,(H2,22,23,24)(H,26,31,32)/t11-,12+,14+,15+,19+,36?/m0/s1.